The highest BCUT2D eigenvalue weighted by atomic mass is 16.1. The smallest absolute Gasteiger partial charge is 0.238 e. The Hall–Kier alpha value is -1.39. The SMILES string of the molecule is CCN(CCNCC(=O)Nc1ccc(C)cc1)C1CC1. The van der Waals surface area contributed by atoms with Gasteiger partial charge in [-0.2, -0.15) is 0 Å². The van der Waals surface area contributed by atoms with Gasteiger partial charge in [-0.1, -0.05) is 24.6 Å². The summed E-state index contributed by atoms with van der Waals surface area (Å²) >= 11 is 0. The van der Waals surface area contributed by atoms with Gasteiger partial charge in [-0.15, -0.1) is 0 Å². The third-order valence-corrected chi connectivity index (χ3v) is 3.67. The van der Waals surface area contributed by atoms with Crippen molar-refractivity contribution in [1.82, 2.24) is 10.2 Å². The molecule has 1 aliphatic carbocycles. The standard InChI is InChI=1S/C16H25N3O/c1-3-19(15-8-9-15)11-10-17-12-16(20)18-14-6-4-13(2)5-7-14/h4-7,15,17H,3,8-12H2,1-2H3,(H,18,20). The number of benzene rings is 1. The maximum Gasteiger partial charge on any atom is 0.238 e. The summed E-state index contributed by atoms with van der Waals surface area (Å²) in [6.45, 7) is 7.59. The number of carbonyl (C=O) groups excluding carboxylic acids is 1. The second kappa shape index (κ2) is 7.41. The summed E-state index contributed by atoms with van der Waals surface area (Å²) in [7, 11) is 0. The monoisotopic (exact) mass is 275 g/mol. The molecule has 0 aromatic heterocycles. The number of hydrogen-bond donors (Lipinski definition) is 2. The molecule has 1 aromatic carbocycles. The van der Waals surface area contributed by atoms with Gasteiger partial charge in [0.25, 0.3) is 0 Å². The number of amides is 1. The molecule has 0 heterocycles. The van der Waals surface area contributed by atoms with Gasteiger partial charge in [0.15, 0.2) is 0 Å². The summed E-state index contributed by atoms with van der Waals surface area (Å²) in [4.78, 5) is 14.2. The van der Waals surface area contributed by atoms with E-state index < -0.39 is 0 Å². The lowest BCUT2D eigenvalue weighted by molar-refractivity contribution is -0.115. The Kier molecular flexibility index (Phi) is 5.56. The molecule has 0 unspecified atom stereocenters. The minimum atomic E-state index is 0.0170. The number of likely N-dealkylation sites (N-methyl/N-ethyl adjacent to an activating group) is 1. The van der Waals surface area contributed by atoms with Crippen molar-refractivity contribution in [1.29, 1.82) is 0 Å². The molecule has 0 atom stereocenters. The van der Waals surface area contributed by atoms with E-state index in [-0.39, 0.29) is 5.91 Å². The van der Waals surface area contributed by atoms with Crippen molar-refractivity contribution in [2.75, 3.05) is 31.5 Å². The van der Waals surface area contributed by atoms with E-state index >= 15 is 0 Å². The van der Waals surface area contributed by atoms with Crippen LogP contribution in [0.15, 0.2) is 24.3 Å². The Morgan fingerprint density at radius 1 is 1.30 bits per heavy atom. The van der Waals surface area contributed by atoms with Crippen LogP contribution < -0.4 is 10.6 Å². The van der Waals surface area contributed by atoms with E-state index in [2.05, 4.69) is 22.5 Å². The molecule has 0 radical (unpaired) electrons. The van der Waals surface area contributed by atoms with Crippen molar-refractivity contribution in [3.8, 4) is 0 Å². The van der Waals surface area contributed by atoms with Gasteiger partial charge in [-0.25, -0.2) is 0 Å². The molecule has 1 amide bonds. The third kappa shape index (κ3) is 4.94. The molecule has 0 bridgehead atoms. The van der Waals surface area contributed by atoms with Gasteiger partial charge in [0.2, 0.25) is 5.91 Å². The first-order chi connectivity index (χ1) is 9.69. The zero-order valence-electron chi connectivity index (χ0n) is 12.5. The van der Waals surface area contributed by atoms with Crippen LogP contribution in [0.4, 0.5) is 5.69 Å². The number of nitrogens with zero attached hydrogens (tertiary/aromatic N) is 1. The molecule has 2 N–H and O–H groups in total. The van der Waals surface area contributed by atoms with Gasteiger partial charge in [-0.3, -0.25) is 9.69 Å². The second-order valence-electron chi connectivity index (χ2n) is 5.45. The lowest BCUT2D eigenvalue weighted by Gasteiger charge is -2.19. The average molecular weight is 275 g/mol. The third-order valence-electron chi connectivity index (χ3n) is 3.67. The maximum absolute atomic E-state index is 11.8. The number of nitrogens with one attached hydrogen (secondary N) is 2. The molecule has 4 heteroatoms. The fourth-order valence-electron chi connectivity index (χ4n) is 2.31. The van der Waals surface area contributed by atoms with E-state index in [0.717, 1.165) is 31.4 Å². The van der Waals surface area contributed by atoms with E-state index in [1.54, 1.807) is 0 Å². The van der Waals surface area contributed by atoms with Crippen LogP contribution in [0.5, 0.6) is 0 Å². The van der Waals surface area contributed by atoms with Crippen LogP contribution in [-0.2, 0) is 4.79 Å². The van der Waals surface area contributed by atoms with Gasteiger partial charge in [0, 0.05) is 24.8 Å². The van der Waals surface area contributed by atoms with Gasteiger partial charge < -0.3 is 10.6 Å². The average Bonchev–Trinajstić information content (AvgIpc) is 3.26. The molecule has 20 heavy (non-hydrogen) atoms. The predicted molar refractivity (Wildman–Crippen MR) is 82.9 cm³/mol. The van der Waals surface area contributed by atoms with Crippen LogP contribution in [0, 0.1) is 6.92 Å². The van der Waals surface area contributed by atoms with E-state index in [1.165, 1.54) is 18.4 Å². The summed E-state index contributed by atoms with van der Waals surface area (Å²) in [5.41, 5.74) is 2.05. The van der Waals surface area contributed by atoms with Crippen molar-refractivity contribution in [3.63, 3.8) is 0 Å². The van der Waals surface area contributed by atoms with E-state index in [0.29, 0.717) is 6.54 Å². The lowest BCUT2D eigenvalue weighted by Crippen LogP contribution is -2.36. The number of anilines is 1. The Bertz CT molecular complexity index is 426. The number of carbonyl (C=O) groups is 1. The van der Waals surface area contributed by atoms with Crippen LogP contribution >= 0.6 is 0 Å². The molecule has 0 spiro atoms. The topological polar surface area (TPSA) is 44.4 Å². The van der Waals surface area contributed by atoms with Gasteiger partial charge in [0.05, 0.1) is 6.54 Å². The van der Waals surface area contributed by atoms with Crippen molar-refractivity contribution >= 4 is 11.6 Å². The Balaban J connectivity index is 1.61. The second-order valence-corrected chi connectivity index (χ2v) is 5.45. The predicted octanol–water partition coefficient (Wildman–Crippen LogP) is 2.01. The zero-order valence-corrected chi connectivity index (χ0v) is 12.5. The van der Waals surface area contributed by atoms with Crippen molar-refractivity contribution in [2.45, 2.75) is 32.7 Å². The lowest BCUT2D eigenvalue weighted by atomic mass is 10.2. The molecule has 1 fully saturated rings. The maximum atomic E-state index is 11.8. The highest BCUT2D eigenvalue weighted by Gasteiger charge is 2.26. The first-order valence-electron chi connectivity index (χ1n) is 7.50. The van der Waals surface area contributed by atoms with Crippen LogP contribution in [0.1, 0.15) is 25.3 Å². The van der Waals surface area contributed by atoms with Crippen LogP contribution in [-0.4, -0.2) is 43.0 Å². The normalized spacial score (nSPS) is 14.6. The molecule has 4 nitrogen and oxygen atoms in total. The van der Waals surface area contributed by atoms with E-state index in [1.807, 2.05) is 31.2 Å². The van der Waals surface area contributed by atoms with Gasteiger partial charge >= 0.3 is 0 Å². The fraction of sp³-hybridized carbons (Fsp3) is 0.562. The number of rotatable bonds is 8. The molecule has 1 aliphatic rings. The Morgan fingerprint density at radius 3 is 2.60 bits per heavy atom. The minimum Gasteiger partial charge on any atom is -0.325 e. The van der Waals surface area contributed by atoms with Crippen LogP contribution in [0.2, 0.25) is 0 Å². The molecule has 2 rings (SSSR count). The summed E-state index contributed by atoms with van der Waals surface area (Å²) in [6.07, 6.45) is 2.67. The van der Waals surface area contributed by atoms with Gasteiger partial charge in [-0.05, 0) is 38.4 Å². The molecule has 1 saturated carbocycles. The first-order valence-corrected chi connectivity index (χ1v) is 7.50. The Labute approximate surface area is 121 Å². The summed E-state index contributed by atoms with van der Waals surface area (Å²) in [5, 5.41) is 6.10. The minimum absolute atomic E-state index is 0.0170. The Morgan fingerprint density at radius 2 is 2.00 bits per heavy atom. The summed E-state index contributed by atoms with van der Waals surface area (Å²) < 4.78 is 0. The van der Waals surface area contributed by atoms with E-state index in [4.69, 9.17) is 0 Å². The fourth-order valence-corrected chi connectivity index (χ4v) is 2.31. The highest BCUT2D eigenvalue weighted by molar-refractivity contribution is 5.92. The largest absolute Gasteiger partial charge is 0.325 e. The molecular weight excluding hydrogens is 250 g/mol. The zero-order chi connectivity index (χ0) is 14.4. The summed E-state index contributed by atoms with van der Waals surface area (Å²) in [6, 6.07) is 8.65. The van der Waals surface area contributed by atoms with Crippen molar-refractivity contribution in [3.05, 3.63) is 29.8 Å². The van der Waals surface area contributed by atoms with Crippen LogP contribution in [0.3, 0.4) is 0 Å². The van der Waals surface area contributed by atoms with Crippen molar-refractivity contribution in [2.24, 2.45) is 0 Å². The molecule has 110 valence electrons. The van der Waals surface area contributed by atoms with Crippen molar-refractivity contribution < 1.29 is 4.79 Å². The molecule has 0 aliphatic heterocycles. The number of aryl methyl sites for hydroxylation is 1. The van der Waals surface area contributed by atoms with Crippen LogP contribution in [0.25, 0.3) is 0 Å². The summed E-state index contributed by atoms with van der Waals surface area (Å²) in [5.74, 6) is 0.0170. The molecule has 1 aromatic rings. The molecule has 0 saturated heterocycles. The highest BCUT2D eigenvalue weighted by Crippen LogP contribution is 2.25. The first kappa shape index (κ1) is 15.0. The number of hydrogen-bond acceptors (Lipinski definition) is 3. The van der Waals surface area contributed by atoms with E-state index in [9.17, 15) is 4.79 Å². The molecular formula is C16H25N3O. The van der Waals surface area contributed by atoms with Gasteiger partial charge in [0.1, 0.15) is 0 Å². The quantitative estimate of drug-likeness (QED) is 0.713.